The molecule has 1 aromatic rings. The van der Waals surface area contributed by atoms with Crippen LogP contribution in [0.25, 0.3) is 0 Å². The van der Waals surface area contributed by atoms with Crippen molar-refractivity contribution in [1.29, 1.82) is 0 Å². The van der Waals surface area contributed by atoms with Crippen LogP contribution in [0.3, 0.4) is 0 Å². The average molecular weight is 266 g/mol. The second kappa shape index (κ2) is 6.21. The van der Waals surface area contributed by atoms with Crippen molar-refractivity contribution in [1.82, 2.24) is 4.98 Å². The maximum absolute atomic E-state index is 9.69. The van der Waals surface area contributed by atoms with Gasteiger partial charge in [0.25, 0.3) is 0 Å². The molecule has 2 rings (SSSR count). The number of anilines is 1. The van der Waals surface area contributed by atoms with Crippen LogP contribution in [0.4, 0.5) is 5.82 Å². The van der Waals surface area contributed by atoms with E-state index in [0.717, 1.165) is 18.6 Å². The van der Waals surface area contributed by atoms with Crippen molar-refractivity contribution < 1.29 is 14.6 Å². The molecule has 106 valence electrons. The Morgan fingerprint density at radius 3 is 2.84 bits per heavy atom. The summed E-state index contributed by atoms with van der Waals surface area (Å²) in [5.41, 5.74) is -0.359. The molecular formula is C14H22N2O3. The Balaban J connectivity index is 2.16. The summed E-state index contributed by atoms with van der Waals surface area (Å²) in [4.78, 5) is 4.33. The molecule has 1 aliphatic heterocycles. The van der Waals surface area contributed by atoms with Gasteiger partial charge in [-0.05, 0) is 38.8 Å². The van der Waals surface area contributed by atoms with E-state index in [9.17, 15) is 5.11 Å². The second-order valence-electron chi connectivity index (χ2n) is 5.19. The third kappa shape index (κ3) is 3.58. The molecule has 0 spiro atoms. The fourth-order valence-electron chi connectivity index (χ4n) is 2.17. The normalized spacial score (nSPS) is 18.3. The monoisotopic (exact) mass is 266 g/mol. The molecule has 1 fully saturated rings. The number of nitrogens with zero attached hydrogens (tertiary/aromatic N) is 1. The van der Waals surface area contributed by atoms with Gasteiger partial charge in [0.05, 0.1) is 18.2 Å². The van der Waals surface area contributed by atoms with Crippen molar-refractivity contribution >= 4 is 5.82 Å². The Kier molecular flexibility index (Phi) is 4.61. The van der Waals surface area contributed by atoms with Gasteiger partial charge in [-0.3, -0.25) is 0 Å². The zero-order valence-electron chi connectivity index (χ0n) is 11.6. The molecule has 5 nitrogen and oxygen atoms in total. The molecule has 1 saturated heterocycles. The molecule has 2 heterocycles. The summed E-state index contributed by atoms with van der Waals surface area (Å²) >= 11 is 0. The number of aromatic nitrogens is 1. The van der Waals surface area contributed by atoms with Crippen molar-refractivity contribution in [3.63, 3.8) is 0 Å². The Morgan fingerprint density at radius 2 is 2.21 bits per heavy atom. The van der Waals surface area contributed by atoms with Crippen molar-refractivity contribution in [3.05, 3.63) is 18.3 Å². The van der Waals surface area contributed by atoms with E-state index in [2.05, 4.69) is 10.3 Å². The molecule has 0 atom stereocenters. The summed E-state index contributed by atoms with van der Waals surface area (Å²) < 4.78 is 11.1. The van der Waals surface area contributed by atoms with Gasteiger partial charge in [-0.25, -0.2) is 4.98 Å². The highest BCUT2D eigenvalue weighted by molar-refractivity contribution is 5.51. The van der Waals surface area contributed by atoms with Crippen LogP contribution in [0.1, 0.15) is 26.7 Å². The SMILES string of the molecule is CC(C)Oc1cccnc1NC1(CO)CCOCC1. The number of aliphatic hydroxyl groups is 1. The highest BCUT2D eigenvalue weighted by Gasteiger charge is 2.33. The quantitative estimate of drug-likeness (QED) is 0.851. The Morgan fingerprint density at radius 1 is 1.47 bits per heavy atom. The van der Waals surface area contributed by atoms with Gasteiger partial charge in [0.1, 0.15) is 0 Å². The second-order valence-corrected chi connectivity index (χ2v) is 5.19. The summed E-state index contributed by atoms with van der Waals surface area (Å²) in [5.74, 6) is 1.41. The maximum Gasteiger partial charge on any atom is 0.169 e. The Bertz CT molecular complexity index is 403. The van der Waals surface area contributed by atoms with E-state index < -0.39 is 0 Å². The van der Waals surface area contributed by atoms with Crippen LogP contribution in [0.5, 0.6) is 5.75 Å². The number of ether oxygens (including phenoxy) is 2. The van der Waals surface area contributed by atoms with E-state index in [1.54, 1.807) is 6.20 Å². The molecule has 0 aromatic carbocycles. The lowest BCUT2D eigenvalue weighted by Gasteiger charge is -2.37. The first-order chi connectivity index (χ1) is 9.15. The van der Waals surface area contributed by atoms with E-state index in [4.69, 9.17) is 9.47 Å². The van der Waals surface area contributed by atoms with Gasteiger partial charge >= 0.3 is 0 Å². The van der Waals surface area contributed by atoms with Gasteiger partial charge in [-0.15, -0.1) is 0 Å². The molecule has 0 saturated carbocycles. The molecule has 0 amide bonds. The molecule has 1 aliphatic rings. The minimum atomic E-state index is -0.359. The van der Waals surface area contributed by atoms with Crippen LogP contribution < -0.4 is 10.1 Å². The fourth-order valence-corrected chi connectivity index (χ4v) is 2.17. The minimum absolute atomic E-state index is 0.0635. The molecule has 19 heavy (non-hydrogen) atoms. The molecule has 0 bridgehead atoms. The van der Waals surface area contributed by atoms with Crippen molar-refractivity contribution in [3.8, 4) is 5.75 Å². The van der Waals surface area contributed by atoms with E-state index in [1.807, 2.05) is 26.0 Å². The molecule has 0 unspecified atom stereocenters. The van der Waals surface area contributed by atoms with Crippen molar-refractivity contribution in [2.45, 2.75) is 38.3 Å². The summed E-state index contributed by atoms with van der Waals surface area (Å²) in [6, 6.07) is 3.73. The number of nitrogens with one attached hydrogen (secondary N) is 1. The highest BCUT2D eigenvalue weighted by Crippen LogP contribution is 2.30. The largest absolute Gasteiger partial charge is 0.487 e. The standard InChI is InChI=1S/C14H22N2O3/c1-11(2)19-12-4-3-7-15-13(12)16-14(10-17)5-8-18-9-6-14/h3-4,7,11,17H,5-6,8-10H2,1-2H3,(H,15,16). The molecule has 1 aromatic heterocycles. The van der Waals surface area contributed by atoms with Crippen molar-refractivity contribution in [2.75, 3.05) is 25.1 Å². The summed E-state index contributed by atoms with van der Waals surface area (Å²) in [6.07, 6.45) is 3.34. The Hall–Kier alpha value is -1.33. The number of rotatable bonds is 5. The van der Waals surface area contributed by atoms with Gasteiger partial charge < -0.3 is 19.9 Å². The number of hydrogen-bond donors (Lipinski definition) is 2. The topological polar surface area (TPSA) is 63.6 Å². The van der Waals surface area contributed by atoms with Crippen LogP contribution in [0.15, 0.2) is 18.3 Å². The van der Waals surface area contributed by atoms with Crippen LogP contribution >= 0.6 is 0 Å². The van der Waals surface area contributed by atoms with Crippen LogP contribution in [0, 0.1) is 0 Å². The lowest BCUT2D eigenvalue weighted by Crippen LogP contribution is -2.47. The molecule has 5 heteroatoms. The zero-order valence-corrected chi connectivity index (χ0v) is 11.6. The van der Waals surface area contributed by atoms with E-state index in [-0.39, 0.29) is 18.2 Å². The van der Waals surface area contributed by atoms with Gasteiger partial charge in [0.2, 0.25) is 0 Å². The Labute approximate surface area is 114 Å². The minimum Gasteiger partial charge on any atom is -0.487 e. The first-order valence-corrected chi connectivity index (χ1v) is 6.74. The van der Waals surface area contributed by atoms with E-state index >= 15 is 0 Å². The molecule has 0 radical (unpaired) electrons. The molecule has 2 N–H and O–H groups in total. The smallest absolute Gasteiger partial charge is 0.169 e. The van der Waals surface area contributed by atoms with Crippen LogP contribution in [0.2, 0.25) is 0 Å². The van der Waals surface area contributed by atoms with Crippen molar-refractivity contribution in [2.24, 2.45) is 0 Å². The maximum atomic E-state index is 9.69. The fraction of sp³-hybridized carbons (Fsp3) is 0.643. The summed E-state index contributed by atoms with van der Waals surface area (Å²) in [5, 5.41) is 13.0. The number of pyridine rings is 1. The van der Waals surface area contributed by atoms with Gasteiger partial charge in [-0.1, -0.05) is 0 Å². The van der Waals surface area contributed by atoms with Gasteiger partial charge in [0.15, 0.2) is 11.6 Å². The van der Waals surface area contributed by atoms with Gasteiger partial charge in [0, 0.05) is 19.4 Å². The third-order valence-corrected chi connectivity index (χ3v) is 3.27. The predicted molar refractivity (Wildman–Crippen MR) is 73.5 cm³/mol. The number of aliphatic hydroxyl groups excluding tert-OH is 1. The van der Waals surface area contributed by atoms with Crippen LogP contribution in [-0.4, -0.2) is 41.6 Å². The third-order valence-electron chi connectivity index (χ3n) is 3.27. The predicted octanol–water partition coefficient (Wildman–Crippen LogP) is 1.82. The van der Waals surface area contributed by atoms with Crippen LogP contribution in [-0.2, 0) is 4.74 Å². The first kappa shape index (κ1) is 14.1. The first-order valence-electron chi connectivity index (χ1n) is 6.74. The highest BCUT2D eigenvalue weighted by atomic mass is 16.5. The lowest BCUT2D eigenvalue weighted by atomic mass is 9.91. The van der Waals surface area contributed by atoms with E-state index in [0.29, 0.717) is 19.0 Å². The molecular weight excluding hydrogens is 244 g/mol. The summed E-state index contributed by atoms with van der Waals surface area (Å²) in [7, 11) is 0. The average Bonchev–Trinajstić information content (AvgIpc) is 2.41. The zero-order chi connectivity index (χ0) is 13.7. The lowest BCUT2D eigenvalue weighted by molar-refractivity contribution is 0.0377. The van der Waals surface area contributed by atoms with Gasteiger partial charge in [-0.2, -0.15) is 0 Å². The number of hydrogen-bond acceptors (Lipinski definition) is 5. The summed E-state index contributed by atoms with van der Waals surface area (Å²) in [6.45, 7) is 5.33. The van der Waals surface area contributed by atoms with E-state index in [1.165, 1.54) is 0 Å². The molecule has 0 aliphatic carbocycles.